The summed E-state index contributed by atoms with van der Waals surface area (Å²) in [5, 5.41) is 23.4. The number of aromatic carboxylic acids is 1. The van der Waals surface area contributed by atoms with Crippen LogP contribution in [0.2, 0.25) is 0 Å². The van der Waals surface area contributed by atoms with Gasteiger partial charge in [0.1, 0.15) is 0 Å². The smallest absolute Gasteiger partial charge is 0.476 e. The van der Waals surface area contributed by atoms with Crippen molar-refractivity contribution in [3.8, 4) is 0 Å². The number of aryl methyl sites for hydroxylation is 1. The van der Waals surface area contributed by atoms with E-state index in [0.717, 1.165) is 31.7 Å². The molecular formula is C17H26F3N3O5. The maximum atomic E-state index is 10.9. The number of carbonyl (C=O) groups is 2. The van der Waals surface area contributed by atoms with Crippen molar-refractivity contribution in [2.24, 2.45) is 12.5 Å². The summed E-state index contributed by atoms with van der Waals surface area (Å²) in [6, 6.07) is 1.61. The minimum absolute atomic E-state index is 0.0641. The zero-order valence-electron chi connectivity index (χ0n) is 16.0. The highest BCUT2D eigenvalue weighted by atomic mass is 19.4. The highest BCUT2D eigenvalue weighted by Gasteiger charge is 2.38. The van der Waals surface area contributed by atoms with Gasteiger partial charge >= 0.3 is 18.1 Å². The number of aliphatic carboxylic acids is 1. The van der Waals surface area contributed by atoms with Crippen molar-refractivity contribution in [3.05, 3.63) is 17.5 Å². The van der Waals surface area contributed by atoms with Crippen LogP contribution in [0.15, 0.2) is 6.07 Å². The molecule has 0 aromatic carbocycles. The monoisotopic (exact) mass is 409 g/mol. The van der Waals surface area contributed by atoms with E-state index in [1.807, 2.05) is 0 Å². The van der Waals surface area contributed by atoms with E-state index in [-0.39, 0.29) is 11.1 Å². The van der Waals surface area contributed by atoms with E-state index in [2.05, 4.69) is 24.3 Å². The first-order valence-corrected chi connectivity index (χ1v) is 8.73. The molecule has 0 radical (unpaired) electrons. The molecule has 28 heavy (non-hydrogen) atoms. The molecule has 1 atom stereocenters. The van der Waals surface area contributed by atoms with Gasteiger partial charge in [0.15, 0.2) is 5.69 Å². The Balaban J connectivity index is 0.000000480. The molecule has 2 heterocycles. The fourth-order valence-electron chi connectivity index (χ4n) is 2.76. The van der Waals surface area contributed by atoms with Crippen LogP contribution in [-0.2, 0) is 23.1 Å². The summed E-state index contributed by atoms with van der Waals surface area (Å²) < 4.78 is 39.2. The van der Waals surface area contributed by atoms with Gasteiger partial charge in [-0.2, -0.15) is 18.3 Å². The second-order valence-corrected chi connectivity index (χ2v) is 7.20. The van der Waals surface area contributed by atoms with Gasteiger partial charge in [0.2, 0.25) is 0 Å². The highest BCUT2D eigenvalue weighted by Crippen LogP contribution is 2.29. The number of nitrogens with one attached hydrogen (secondary N) is 1. The molecule has 0 saturated carbocycles. The molecule has 0 spiro atoms. The summed E-state index contributed by atoms with van der Waals surface area (Å²) in [4.78, 5) is 19.8. The first kappa shape index (κ1) is 23.9. The lowest BCUT2D eigenvalue weighted by Crippen LogP contribution is -2.42. The Labute approximate surface area is 160 Å². The molecular weight excluding hydrogens is 383 g/mol. The molecule has 2 rings (SSSR count). The van der Waals surface area contributed by atoms with E-state index in [1.165, 1.54) is 6.42 Å². The number of aromatic nitrogens is 2. The fourth-order valence-corrected chi connectivity index (χ4v) is 2.76. The van der Waals surface area contributed by atoms with Gasteiger partial charge in [0.05, 0.1) is 11.8 Å². The van der Waals surface area contributed by atoms with Gasteiger partial charge in [-0.1, -0.05) is 13.8 Å². The normalized spacial score (nSPS) is 17.6. The summed E-state index contributed by atoms with van der Waals surface area (Å²) in [5.41, 5.74) is 1.02. The number of halogens is 3. The topological polar surface area (TPSA) is 114 Å². The van der Waals surface area contributed by atoms with Crippen molar-refractivity contribution in [1.82, 2.24) is 15.1 Å². The van der Waals surface area contributed by atoms with E-state index >= 15 is 0 Å². The predicted octanol–water partition coefficient (Wildman–Crippen LogP) is 2.44. The van der Waals surface area contributed by atoms with Crippen molar-refractivity contribution in [2.75, 3.05) is 13.2 Å². The zero-order valence-corrected chi connectivity index (χ0v) is 16.0. The molecule has 0 aliphatic carbocycles. The Bertz CT molecular complexity index is 667. The van der Waals surface area contributed by atoms with E-state index in [1.54, 1.807) is 17.8 Å². The molecule has 1 saturated heterocycles. The molecule has 3 N–H and O–H groups in total. The molecule has 1 fully saturated rings. The van der Waals surface area contributed by atoms with Gasteiger partial charge in [0.25, 0.3) is 0 Å². The average molecular weight is 409 g/mol. The molecule has 1 aliphatic heterocycles. The van der Waals surface area contributed by atoms with Crippen LogP contribution in [0, 0.1) is 5.41 Å². The molecule has 0 amide bonds. The van der Waals surface area contributed by atoms with Gasteiger partial charge in [0, 0.05) is 32.2 Å². The first-order valence-electron chi connectivity index (χ1n) is 8.73. The van der Waals surface area contributed by atoms with Gasteiger partial charge < -0.3 is 20.3 Å². The lowest BCUT2D eigenvalue weighted by molar-refractivity contribution is -0.192. The number of alkyl halides is 3. The molecule has 1 aliphatic rings. The van der Waals surface area contributed by atoms with Crippen LogP contribution in [-0.4, -0.2) is 57.4 Å². The zero-order chi connectivity index (χ0) is 21.5. The third-order valence-corrected chi connectivity index (χ3v) is 4.38. The second-order valence-electron chi connectivity index (χ2n) is 7.20. The fraction of sp³-hybridized carbons (Fsp3) is 0.706. The number of ether oxygens (including phenoxy) is 1. The van der Waals surface area contributed by atoms with Crippen LogP contribution in [0.5, 0.6) is 0 Å². The third kappa shape index (κ3) is 7.47. The summed E-state index contributed by atoms with van der Waals surface area (Å²) in [6.07, 6.45) is -1.28. The van der Waals surface area contributed by atoms with Crippen LogP contribution in [0.1, 0.15) is 49.3 Å². The second kappa shape index (κ2) is 9.87. The van der Waals surface area contributed by atoms with Crippen LogP contribution >= 0.6 is 0 Å². The lowest BCUT2D eigenvalue weighted by Gasteiger charge is -2.37. The Morgan fingerprint density at radius 2 is 1.93 bits per heavy atom. The molecule has 160 valence electrons. The van der Waals surface area contributed by atoms with E-state index in [0.29, 0.717) is 12.6 Å². The van der Waals surface area contributed by atoms with Gasteiger partial charge in [-0.05, 0) is 25.3 Å². The van der Waals surface area contributed by atoms with Crippen LogP contribution in [0.25, 0.3) is 0 Å². The minimum Gasteiger partial charge on any atom is -0.476 e. The average Bonchev–Trinajstić information content (AvgIpc) is 2.96. The summed E-state index contributed by atoms with van der Waals surface area (Å²) >= 11 is 0. The van der Waals surface area contributed by atoms with Gasteiger partial charge in [-0.25, -0.2) is 9.59 Å². The SMILES string of the molecule is Cn1nc(C(=O)O)cc1CNCC(C)(C)C1CCCCO1.O=C(O)C(F)(F)F. The van der Waals surface area contributed by atoms with Crippen molar-refractivity contribution in [1.29, 1.82) is 0 Å². The van der Waals surface area contributed by atoms with Crippen molar-refractivity contribution in [2.45, 2.75) is 51.9 Å². The number of hydrogen-bond acceptors (Lipinski definition) is 5. The van der Waals surface area contributed by atoms with Crippen LogP contribution in [0.3, 0.4) is 0 Å². The maximum Gasteiger partial charge on any atom is 0.490 e. The minimum atomic E-state index is -5.08. The Hall–Kier alpha value is -2.14. The van der Waals surface area contributed by atoms with Crippen LogP contribution in [0.4, 0.5) is 13.2 Å². The van der Waals surface area contributed by atoms with E-state index in [4.69, 9.17) is 19.7 Å². The highest BCUT2D eigenvalue weighted by molar-refractivity contribution is 5.85. The number of hydrogen-bond donors (Lipinski definition) is 3. The number of carboxylic acid groups (broad SMARTS) is 2. The molecule has 1 aromatic rings. The summed E-state index contributed by atoms with van der Waals surface area (Å²) in [6.45, 7) is 6.71. The maximum absolute atomic E-state index is 10.9. The Morgan fingerprint density at radius 1 is 1.32 bits per heavy atom. The summed E-state index contributed by atoms with van der Waals surface area (Å²) in [7, 11) is 1.76. The number of rotatable bonds is 6. The molecule has 11 heteroatoms. The number of nitrogens with zero attached hydrogens (tertiary/aromatic N) is 2. The largest absolute Gasteiger partial charge is 0.490 e. The lowest BCUT2D eigenvalue weighted by atomic mass is 9.82. The summed E-state index contributed by atoms with van der Waals surface area (Å²) in [5.74, 6) is -3.75. The molecule has 8 nitrogen and oxygen atoms in total. The molecule has 1 unspecified atom stereocenters. The molecule has 0 bridgehead atoms. The standard InChI is InChI=1S/C15H25N3O3.C2HF3O2/c1-15(2,13-6-4-5-7-21-13)10-16-9-11-8-12(14(19)20)17-18(11)3;3-2(4,5)1(6)7/h8,13,16H,4-7,9-10H2,1-3H3,(H,19,20);(H,6,7). The number of carboxylic acids is 2. The Kier molecular flexibility index (Phi) is 8.43. The molecule has 1 aromatic heterocycles. The van der Waals surface area contributed by atoms with Gasteiger partial charge in [-0.3, -0.25) is 4.68 Å². The Morgan fingerprint density at radius 3 is 2.36 bits per heavy atom. The van der Waals surface area contributed by atoms with Crippen molar-refractivity contribution in [3.63, 3.8) is 0 Å². The quantitative estimate of drug-likeness (QED) is 0.661. The van der Waals surface area contributed by atoms with Crippen molar-refractivity contribution >= 4 is 11.9 Å². The van der Waals surface area contributed by atoms with E-state index < -0.39 is 18.1 Å². The third-order valence-electron chi connectivity index (χ3n) is 4.38. The van der Waals surface area contributed by atoms with E-state index in [9.17, 15) is 18.0 Å². The predicted molar refractivity (Wildman–Crippen MR) is 92.9 cm³/mol. The van der Waals surface area contributed by atoms with Crippen molar-refractivity contribution < 1.29 is 37.7 Å². The van der Waals surface area contributed by atoms with Crippen LogP contribution < -0.4 is 5.32 Å². The first-order chi connectivity index (χ1) is 12.8. The van der Waals surface area contributed by atoms with Gasteiger partial charge in [-0.15, -0.1) is 0 Å².